The molecule has 0 radical (unpaired) electrons. The van der Waals surface area contributed by atoms with Gasteiger partial charge in [-0.3, -0.25) is 4.79 Å². The van der Waals surface area contributed by atoms with E-state index in [0.29, 0.717) is 18.8 Å². The number of benzene rings is 1. The number of halogens is 2. The minimum absolute atomic E-state index is 0.191. The van der Waals surface area contributed by atoms with Gasteiger partial charge in [0.1, 0.15) is 23.4 Å². The third-order valence-corrected chi connectivity index (χ3v) is 3.80. The van der Waals surface area contributed by atoms with Crippen LogP contribution in [0.3, 0.4) is 0 Å². The van der Waals surface area contributed by atoms with Crippen molar-refractivity contribution in [1.29, 1.82) is 0 Å². The van der Waals surface area contributed by atoms with Gasteiger partial charge in [0.15, 0.2) is 0 Å². The van der Waals surface area contributed by atoms with E-state index in [4.69, 9.17) is 4.74 Å². The van der Waals surface area contributed by atoms with Crippen LogP contribution < -0.4 is 0 Å². The minimum atomic E-state index is -0.676. The van der Waals surface area contributed by atoms with Crippen LogP contribution in [-0.4, -0.2) is 45.5 Å². The Morgan fingerprint density at radius 2 is 2.26 bits per heavy atom. The first-order chi connectivity index (χ1) is 11.1. The summed E-state index contributed by atoms with van der Waals surface area (Å²) in [4.78, 5) is 14.1. The predicted molar refractivity (Wildman–Crippen MR) is 76.7 cm³/mol. The molecule has 1 aromatic carbocycles. The molecule has 6 nitrogen and oxygen atoms in total. The Hall–Kier alpha value is -2.35. The van der Waals surface area contributed by atoms with Crippen molar-refractivity contribution < 1.29 is 18.3 Å². The van der Waals surface area contributed by atoms with Gasteiger partial charge in [-0.1, -0.05) is 11.3 Å². The third kappa shape index (κ3) is 3.07. The van der Waals surface area contributed by atoms with E-state index in [-0.39, 0.29) is 24.6 Å². The van der Waals surface area contributed by atoms with Crippen LogP contribution in [0.1, 0.15) is 29.1 Å². The molecule has 0 saturated carbocycles. The second kappa shape index (κ2) is 6.41. The summed E-state index contributed by atoms with van der Waals surface area (Å²) < 4.78 is 34.0. The zero-order chi connectivity index (χ0) is 16.4. The van der Waals surface area contributed by atoms with Crippen LogP contribution in [0.15, 0.2) is 24.4 Å². The standard InChI is InChI=1S/C15H16F2N4O2/c1-2-21-13(8-18-19-21)15(22)20-5-6-23-14(9-20)11-4-3-10(16)7-12(11)17/h3-4,7-8,14H,2,5-6,9H2,1H3. The Morgan fingerprint density at radius 3 is 3.00 bits per heavy atom. The highest BCUT2D eigenvalue weighted by atomic mass is 19.1. The molecule has 1 aliphatic rings. The summed E-state index contributed by atoms with van der Waals surface area (Å²) in [7, 11) is 0. The molecule has 8 heteroatoms. The summed E-state index contributed by atoms with van der Waals surface area (Å²) in [6, 6.07) is 3.34. The Morgan fingerprint density at radius 1 is 1.43 bits per heavy atom. The normalized spacial score (nSPS) is 18.2. The van der Waals surface area contributed by atoms with Crippen molar-refractivity contribution in [3.05, 3.63) is 47.3 Å². The van der Waals surface area contributed by atoms with Gasteiger partial charge >= 0.3 is 0 Å². The molecule has 2 heterocycles. The summed E-state index contributed by atoms with van der Waals surface area (Å²) in [6.45, 7) is 3.26. The van der Waals surface area contributed by atoms with Gasteiger partial charge in [-0.15, -0.1) is 5.10 Å². The molecular weight excluding hydrogens is 306 g/mol. The van der Waals surface area contributed by atoms with Crippen LogP contribution in [-0.2, 0) is 11.3 Å². The van der Waals surface area contributed by atoms with Crippen molar-refractivity contribution in [1.82, 2.24) is 19.9 Å². The number of morpholine rings is 1. The fraction of sp³-hybridized carbons (Fsp3) is 0.400. The molecule has 1 amide bonds. The number of carbonyl (C=O) groups is 1. The van der Waals surface area contributed by atoms with E-state index in [0.717, 1.165) is 6.07 Å². The maximum atomic E-state index is 13.9. The van der Waals surface area contributed by atoms with E-state index in [1.54, 1.807) is 4.90 Å². The average Bonchev–Trinajstić information content (AvgIpc) is 3.03. The number of hydrogen-bond donors (Lipinski definition) is 0. The summed E-state index contributed by atoms with van der Waals surface area (Å²) in [5.74, 6) is -1.55. The van der Waals surface area contributed by atoms with Crippen LogP contribution in [0.2, 0.25) is 0 Å². The number of amides is 1. The number of aromatic nitrogens is 3. The van der Waals surface area contributed by atoms with E-state index < -0.39 is 17.7 Å². The van der Waals surface area contributed by atoms with Gasteiger partial charge in [-0.05, 0) is 13.0 Å². The maximum Gasteiger partial charge on any atom is 0.273 e. The van der Waals surface area contributed by atoms with E-state index in [9.17, 15) is 13.6 Å². The zero-order valence-corrected chi connectivity index (χ0v) is 12.6. The molecule has 2 aromatic rings. The lowest BCUT2D eigenvalue weighted by atomic mass is 10.1. The molecule has 1 aliphatic heterocycles. The second-order valence-electron chi connectivity index (χ2n) is 5.21. The first kappa shape index (κ1) is 15.5. The first-order valence-electron chi connectivity index (χ1n) is 7.34. The fourth-order valence-corrected chi connectivity index (χ4v) is 2.60. The molecule has 0 N–H and O–H groups in total. The quantitative estimate of drug-likeness (QED) is 0.864. The lowest BCUT2D eigenvalue weighted by Gasteiger charge is -2.33. The van der Waals surface area contributed by atoms with Gasteiger partial charge in [-0.25, -0.2) is 13.5 Å². The SMILES string of the molecule is CCn1nncc1C(=O)N1CCOC(c2ccc(F)cc2F)C1. The summed E-state index contributed by atoms with van der Waals surface area (Å²) in [5, 5.41) is 7.58. The van der Waals surface area contributed by atoms with Crippen molar-refractivity contribution >= 4 is 5.91 Å². The van der Waals surface area contributed by atoms with Gasteiger partial charge in [0.2, 0.25) is 0 Å². The van der Waals surface area contributed by atoms with Crippen molar-refractivity contribution in [2.75, 3.05) is 19.7 Å². The predicted octanol–water partition coefficient (Wildman–Crippen LogP) is 1.79. The smallest absolute Gasteiger partial charge is 0.273 e. The van der Waals surface area contributed by atoms with Crippen LogP contribution >= 0.6 is 0 Å². The number of hydrogen-bond acceptors (Lipinski definition) is 4. The Kier molecular flexibility index (Phi) is 4.33. The number of carbonyl (C=O) groups excluding carboxylic acids is 1. The number of ether oxygens (including phenoxy) is 1. The monoisotopic (exact) mass is 322 g/mol. The Bertz CT molecular complexity index is 719. The molecular formula is C15H16F2N4O2. The van der Waals surface area contributed by atoms with Gasteiger partial charge < -0.3 is 9.64 Å². The molecule has 1 aromatic heterocycles. The average molecular weight is 322 g/mol. The van der Waals surface area contributed by atoms with Gasteiger partial charge in [0, 0.05) is 24.7 Å². The number of rotatable bonds is 3. The van der Waals surface area contributed by atoms with Gasteiger partial charge in [0.05, 0.1) is 19.3 Å². The van der Waals surface area contributed by atoms with Crippen molar-refractivity contribution in [3.8, 4) is 0 Å². The molecule has 1 unspecified atom stereocenters. The van der Waals surface area contributed by atoms with Crippen LogP contribution in [0.5, 0.6) is 0 Å². The second-order valence-corrected chi connectivity index (χ2v) is 5.21. The number of nitrogens with zero attached hydrogens (tertiary/aromatic N) is 4. The molecule has 1 atom stereocenters. The molecule has 122 valence electrons. The minimum Gasteiger partial charge on any atom is -0.370 e. The Labute approximate surface area is 131 Å². The molecule has 1 fully saturated rings. The Balaban J connectivity index is 1.79. The molecule has 1 saturated heterocycles. The first-order valence-corrected chi connectivity index (χ1v) is 7.34. The van der Waals surface area contributed by atoms with E-state index in [1.807, 2.05) is 6.92 Å². The fourth-order valence-electron chi connectivity index (χ4n) is 2.60. The van der Waals surface area contributed by atoms with E-state index in [2.05, 4.69) is 10.3 Å². The van der Waals surface area contributed by atoms with Crippen molar-refractivity contribution in [2.24, 2.45) is 0 Å². The largest absolute Gasteiger partial charge is 0.370 e. The lowest BCUT2D eigenvalue weighted by Crippen LogP contribution is -2.43. The highest BCUT2D eigenvalue weighted by Crippen LogP contribution is 2.26. The van der Waals surface area contributed by atoms with E-state index >= 15 is 0 Å². The highest BCUT2D eigenvalue weighted by molar-refractivity contribution is 5.92. The molecule has 3 rings (SSSR count). The van der Waals surface area contributed by atoms with Crippen LogP contribution in [0, 0.1) is 11.6 Å². The third-order valence-electron chi connectivity index (χ3n) is 3.80. The summed E-state index contributed by atoms with van der Waals surface area (Å²) in [5.41, 5.74) is 0.624. The molecule has 0 spiro atoms. The zero-order valence-electron chi connectivity index (χ0n) is 12.6. The van der Waals surface area contributed by atoms with Crippen molar-refractivity contribution in [3.63, 3.8) is 0 Å². The molecule has 0 bridgehead atoms. The lowest BCUT2D eigenvalue weighted by molar-refractivity contribution is -0.0247. The van der Waals surface area contributed by atoms with Crippen molar-refractivity contribution in [2.45, 2.75) is 19.6 Å². The molecule has 23 heavy (non-hydrogen) atoms. The summed E-state index contributed by atoms with van der Waals surface area (Å²) in [6.07, 6.45) is 0.786. The number of aryl methyl sites for hydroxylation is 1. The summed E-state index contributed by atoms with van der Waals surface area (Å²) >= 11 is 0. The molecule has 0 aliphatic carbocycles. The maximum absolute atomic E-state index is 13.9. The van der Waals surface area contributed by atoms with Gasteiger partial charge in [-0.2, -0.15) is 0 Å². The van der Waals surface area contributed by atoms with Gasteiger partial charge in [0.25, 0.3) is 5.91 Å². The highest BCUT2D eigenvalue weighted by Gasteiger charge is 2.29. The van der Waals surface area contributed by atoms with Crippen LogP contribution in [0.25, 0.3) is 0 Å². The topological polar surface area (TPSA) is 60.2 Å². The van der Waals surface area contributed by atoms with Crippen LogP contribution in [0.4, 0.5) is 8.78 Å². The van der Waals surface area contributed by atoms with E-state index in [1.165, 1.54) is 23.0 Å².